The molecule has 0 spiro atoms. The molecule has 14 heteroatoms. The van der Waals surface area contributed by atoms with Crippen molar-refractivity contribution in [3.8, 4) is 0 Å². The molecule has 2 atom stereocenters. The summed E-state index contributed by atoms with van der Waals surface area (Å²) in [7, 11) is 0. The van der Waals surface area contributed by atoms with Crippen LogP contribution < -0.4 is 10.6 Å². The molecule has 0 amide bonds. The minimum absolute atomic E-state index is 0.292. The Bertz CT molecular complexity index is 1470. The molecule has 0 aromatic rings. The number of nitrogens with zero attached hydrogens (tertiary/aromatic N) is 2. The Kier molecular flexibility index (Phi) is 13.7. The average Bonchev–Trinajstić information content (AvgIpc) is 2.96. The van der Waals surface area contributed by atoms with Gasteiger partial charge in [0.15, 0.2) is 0 Å². The normalized spacial score (nSPS) is 28.1. The van der Waals surface area contributed by atoms with E-state index in [4.69, 9.17) is 18.9 Å². The molecule has 58 heavy (non-hydrogen) atoms. The number of ether oxygens (including phenoxy) is 4. The number of nitrogens with one attached hydrogen (secondary N) is 2. The van der Waals surface area contributed by atoms with Crippen molar-refractivity contribution >= 4 is 23.9 Å². The molecule has 0 bridgehead atoms. The van der Waals surface area contributed by atoms with Gasteiger partial charge in [-0.15, -0.1) is 0 Å². The van der Waals surface area contributed by atoms with E-state index >= 15 is 0 Å². The third-order valence-corrected chi connectivity index (χ3v) is 12.5. The zero-order valence-electron chi connectivity index (χ0n) is 38.6. The van der Waals surface area contributed by atoms with Crippen LogP contribution in [0.3, 0.4) is 0 Å². The fraction of sp³-hybridized carbons (Fsp3) is 0.909. The lowest BCUT2D eigenvalue weighted by Crippen LogP contribution is -2.61. The summed E-state index contributed by atoms with van der Waals surface area (Å²) in [6.07, 6.45) is 0.0312. The predicted molar refractivity (Wildman–Crippen MR) is 219 cm³/mol. The van der Waals surface area contributed by atoms with Gasteiger partial charge < -0.3 is 40.0 Å². The second-order valence-corrected chi connectivity index (χ2v) is 23.3. The molecule has 0 aromatic heterocycles. The maximum atomic E-state index is 14.7. The summed E-state index contributed by atoms with van der Waals surface area (Å²) in [5.74, 6) is -5.88. The third kappa shape index (κ3) is 12.4. The zero-order chi connectivity index (χ0) is 44.2. The number of carbonyl (C=O) groups excluding carboxylic acids is 4. The summed E-state index contributed by atoms with van der Waals surface area (Å²) < 4.78 is 24.6. The van der Waals surface area contributed by atoms with E-state index in [9.17, 15) is 29.6 Å². The van der Waals surface area contributed by atoms with Crippen LogP contribution in [0.15, 0.2) is 0 Å². The second kappa shape index (κ2) is 16.5. The highest BCUT2D eigenvalue weighted by Gasteiger charge is 2.51. The van der Waals surface area contributed by atoms with E-state index < -0.39 is 95.1 Å². The summed E-state index contributed by atoms with van der Waals surface area (Å²) in [5, 5.41) is 31.6. The van der Waals surface area contributed by atoms with E-state index in [-0.39, 0.29) is 22.2 Å². The van der Waals surface area contributed by atoms with Crippen LogP contribution in [0.5, 0.6) is 0 Å². The van der Waals surface area contributed by atoms with Crippen LogP contribution in [0.2, 0.25) is 0 Å². The molecule has 4 heterocycles. The lowest BCUT2D eigenvalue weighted by molar-refractivity contribution is -0.260. The lowest BCUT2D eigenvalue weighted by atomic mass is 9.79. The quantitative estimate of drug-likeness (QED) is 0.129. The molecule has 4 fully saturated rings. The summed E-state index contributed by atoms with van der Waals surface area (Å²) in [6, 6.07) is 0. The highest BCUT2D eigenvalue weighted by atomic mass is 16.6. The van der Waals surface area contributed by atoms with Crippen LogP contribution in [0.25, 0.3) is 0 Å². The average molecular weight is 823 g/mol. The van der Waals surface area contributed by atoms with Gasteiger partial charge in [-0.3, -0.25) is 19.2 Å². The van der Waals surface area contributed by atoms with Gasteiger partial charge in [-0.2, -0.15) is 10.1 Å². The van der Waals surface area contributed by atoms with Crippen molar-refractivity contribution in [1.82, 2.24) is 20.8 Å². The molecule has 4 N–H and O–H groups in total. The Morgan fingerprint density at radius 1 is 0.448 bits per heavy atom. The van der Waals surface area contributed by atoms with Crippen molar-refractivity contribution in [1.29, 1.82) is 0 Å². The van der Waals surface area contributed by atoms with Gasteiger partial charge in [0, 0.05) is 95.7 Å². The largest absolute Gasteiger partial charge is 0.462 e. The van der Waals surface area contributed by atoms with Crippen molar-refractivity contribution in [3.63, 3.8) is 0 Å². The molecule has 4 saturated heterocycles. The molecule has 4 rings (SSSR count). The van der Waals surface area contributed by atoms with Gasteiger partial charge in [0.05, 0.1) is 24.7 Å². The summed E-state index contributed by atoms with van der Waals surface area (Å²) in [6.45, 7) is 31.2. The first-order valence-electron chi connectivity index (χ1n) is 21.4. The Labute approximate surface area is 348 Å². The molecule has 0 radical (unpaired) electrons. The van der Waals surface area contributed by atoms with Gasteiger partial charge in [0.25, 0.3) is 0 Å². The van der Waals surface area contributed by atoms with Gasteiger partial charge >= 0.3 is 23.9 Å². The first kappa shape index (κ1) is 48.3. The smallest absolute Gasteiger partial charge is 0.310 e. The molecule has 4 aliphatic heterocycles. The Hall–Kier alpha value is -2.36. The maximum Gasteiger partial charge on any atom is 0.310 e. The van der Waals surface area contributed by atoms with Crippen LogP contribution in [0.1, 0.15) is 175 Å². The minimum Gasteiger partial charge on any atom is -0.462 e. The first-order valence-corrected chi connectivity index (χ1v) is 21.4. The topological polar surface area (TPSA) is 176 Å². The standard InChI is InChI=1S/C44H78N4O10/c1-37(2)19-27(20-38(3,4)45-37)55-33(49)17-32(36(52)58-30-25-43(13,14)48(54)44(15,16)26-30)31(35(51)57-28-21-39(5,6)46-40(7,8)22-28)18-34(50)56-29-23-41(9,10)47(53)42(11,12)24-29/h27-32,45-46,53-54H,17-26H2,1-16H3. The lowest BCUT2D eigenvalue weighted by Gasteiger charge is -2.51. The first-order chi connectivity index (χ1) is 26.0. The SMILES string of the molecule is CC1(C)CC(OC(=O)CC(C(=O)OC2CC(C)(C)N(O)C(C)(C)C2)C(CC(=O)OC2CC(C)(C)N(O)C(C)(C)C2)C(=O)OC2CC(C)(C)NC(C)(C)C2)CC(C)(C)N1. The number of piperidine rings is 4. The number of hydroxylamine groups is 4. The van der Waals surface area contributed by atoms with Crippen LogP contribution in [-0.2, 0) is 38.1 Å². The monoisotopic (exact) mass is 823 g/mol. The van der Waals surface area contributed by atoms with E-state index in [1.807, 2.05) is 111 Å². The Balaban J connectivity index is 1.70. The van der Waals surface area contributed by atoms with Crippen LogP contribution >= 0.6 is 0 Å². The number of carbonyl (C=O) groups is 4. The highest BCUT2D eigenvalue weighted by Crippen LogP contribution is 2.41. The van der Waals surface area contributed by atoms with E-state index in [1.165, 1.54) is 10.1 Å². The predicted octanol–water partition coefficient (Wildman–Crippen LogP) is 6.61. The molecule has 0 aromatic carbocycles. The summed E-state index contributed by atoms with van der Waals surface area (Å²) in [4.78, 5) is 57.4. The van der Waals surface area contributed by atoms with Crippen molar-refractivity contribution in [3.05, 3.63) is 0 Å². The molecule has 14 nitrogen and oxygen atoms in total. The van der Waals surface area contributed by atoms with Gasteiger partial charge in [0.1, 0.15) is 24.4 Å². The number of rotatable bonds is 11. The summed E-state index contributed by atoms with van der Waals surface area (Å²) >= 11 is 0. The zero-order valence-corrected chi connectivity index (χ0v) is 38.6. The molecular weight excluding hydrogens is 745 g/mol. The van der Waals surface area contributed by atoms with Gasteiger partial charge in [-0.1, -0.05) is 0 Å². The fourth-order valence-corrected chi connectivity index (χ4v) is 11.3. The molecule has 0 saturated carbocycles. The number of esters is 4. The van der Waals surface area contributed by atoms with E-state index in [0.717, 1.165) is 0 Å². The van der Waals surface area contributed by atoms with Crippen molar-refractivity contribution in [2.45, 2.75) is 244 Å². The second-order valence-electron chi connectivity index (χ2n) is 23.3. The summed E-state index contributed by atoms with van der Waals surface area (Å²) in [5.41, 5.74) is -4.32. The number of hydrogen-bond donors (Lipinski definition) is 4. The van der Waals surface area contributed by atoms with Crippen LogP contribution in [-0.4, -0.2) is 113 Å². The fourth-order valence-electron chi connectivity index (χ4n) is 11.3. The van der Waals surface area contributed by atoms with Crippen molar-refractivity contribution < 1.29 is 48.5 Å². The third-order valence-electron chi connectivity index (χ3n) is 12.5. The van der Waals surface area contributed by atoms with Gasteiger partial charge in [-0.25, -0.2) is 0 Å². The molecule has 4 aliphatic rings. The molecular formula is C44H78N4O10. The minimum atomic E-state index is -1.44. The molecule has 2 unspecified atom stereocenters. The van der Waals surface area contributed by atoms with Crippen LogP contribution in [0.4, 0.5) is 0 Å². The molecule has 0 aliphatic carbocycles. The Morgan fingerprint density at radius 3 is 0.948 bits per heavy atom. The van der Waals surface area contributed by atoms with E-state index in [1.54, 1.807) is 0 Å². The Morgan fingerprint density at radius 2 is 0.672 bits per heavy atom. The van der Waals surface area contributed by atoms with E-state index in [0.29, 0.717) is 51.4 Å². The van der Waals surface area contributed by atoms with E-state index in [2.05, 4.69) is 10.6 Å². The van der Waals surface area contributed by atoms with Gasteiger partial charge in [0.2, 0.25) is 0 Å². The highest BCUT2D eigenvalue weighted by molar-refractivity contribution is 5.88. The number of hydrogen-bond acceptors (Lipinski definition) is 14. The van der Waals surface area contributed by atoms with Crippen molar-refractivity contribution in [2.75, 3.05) is 0 Å². The van der Waals surface area contributed by atoms with Gasteiger partial charge in [-0.05, 0) is 111 Å². The van der Waals surface area contributed by atoms with Crippen molar-refractivity contribution in [2.24, 2.45) is 11.8 Å². The molecule has 334 valence electrons. The maximum absolute atomic E-state index is 14.7. The van der Waals surface area contributed by atoms with Crippen LogP contribution in [0, 0.1) is 11.8 Å².